The van der Waals surface area contributed by atoms with Crippen LogP contribution in [0.4, 0.5) is 0 Å². The maximum Gasteiger partial charge on any atom is -0.0112 e. The molecule has 0 N–H and O–H groups in total. The van der Waals surface area contributed by atoms with Gasteiger partial charge in [0, 0.05) is 0 Å². The van der Waals surface area contributed by atoms with E-state index in [1.54, 1.807) is 0 Å². The molecule has 0 aliphatic heterocycles. The third-order valence-corrected chi connectivity index (χ3v) is 7.01. The Hall–Kier alpha value is -0.520. The molecule has 0 aromatic heterocycles. The second-order valence-electron chi connectivity index (χ2n) is 8.06. The highest BCUT2D eigenvalue weighted by Gasteiger charge is 2.50. The Labute approximate surface area is 118 Å². The van der Waals surface area contributed by atoms with Crippen molar-refractivity contribution in [2.45, 2.75) is 58.8 Å². The number of hydrogen-bond donors (Lipinski definition) is 0. The number of fused-ring (bicyclic) bond motifs is 5. The average Bonchev–Trinajstić information content (AvgIpc) is 2.79. The summed E-state index contributed by atoms with van der Waals surface area (Å²) in [6.45, 7) is 4.94. The van der Waals surface area contributed by atoms with Crippen LogP contribution in [0, 0.1) is 35.0 Å². The molecule has 0 spiro atoms. The fourth-order valence-electron chi connectivity index (χ4n) is 6.01. The van der Waals surface area contributed by atoms with Crippen molar-refractivity contribution in [3.05, 3.63) is 23.8 Å². The normalized spacial score (nSPS) is 52.1. The molecule has 2 fully saturated rings. The zero-order valence-corrected chi connectivity index (χ0v) is 12.6. The van der Waals surface area contributed by atoms with Crippen LogP contribution in [0.15, 0.2) is 23.8 Å². The van der Waals surface area contributed by atoms with Crippen LogP contribution < -0.4 is 0 Å². The monoisotopic (exact) mass is 256 g/mol. The van der Waals surface area contributed by atoms with E-state index in [1.807, 2.05) is 5.57 Å². The SMILES string of the molecule is C[C@@H]1C=C2CCC3C(CCC4(C)C=CCC34)[C@H]2CC1. The van der Waals surface area contributed by atoms with Gasteiger partial charge in [0.1, 0.15) is 0 Å². The van der Waals surface area contributed by atoms with Gasteiger partial charge in [-0.3, -0.25) is 0 Å². The molecule has 4 aliphatic carbocycles. The topological polar surface area (TPSA) is 0 Å². The van der Waals surface area contributed by atoms with Crippen LogP contribution in [0.1, 0.15) is 58.8 Å². The first-order valence-electron chi connectivity index (χ1n) is 8.56. The molecular weight excluding hydrogens is 228 g/mol. The molecule has 0 aromatic carbocycles. The fourth-order valence-corrected chi connectivity index (χ4v) is 6.01. The quantitative estimate of drug-likeness (QED) is 0.512. The van der Waals surface area contributed by atoms with E-state index in [0.29, 0.717) is 5.41 Å². The number of allylic oxidation sites excluding steroid dienone is 4. The molecule has 0 saturated heterocycles. The Kier molecular flexibility index (Phi) is 2.73. The molecule has 4 unspecified atom stereocenters. The molecule has 2 saturated carbocycles. The molecule has 0 heterocycles. The van der Waals surface area contributed by atoms with Crippen molar-refractivity contribution in [2.24, 2.45) is 35.0 Å². The van der Waals surface area contributed by atoms with E-state index in [-0.39, 0.29) is 0 Å². The van der Waals surface area contributed by atoms with E-state index in [2.05, 4.69) is 32.1 Å². The van der Waals surface area contributed by atoms with Gasteiger partial charge in [0.25, 0.3) is 0 Å². The van der Waals surface area contributed by atoms with Crippen LogP contribution >= 0.6 is 0 Å². The lowest BCUT2D eigenvalue weighted by atomic mass is 9.52. The lowest BCUT2D eigenvalue weighted by molar-refractivity contribution is 0.0126. The molecule has 0 amide bonds. The predicted octanol–water partition coefficient (Wildman–Crippen LogP) is 5.36. The van der Waals surface area contributed by atoms with E-state index >= 15 is 0 Å². The molecule has 0 aromatic rings. The summed E-state index contributed by atoms with van der Waals surface area (Å²) in [4.78, 5) is 0. The fraction of sp³-hybridized carbons (Fsp3) is 0.789. The van der Waals surface area contributed by atoms with Gasteiger partial charge in [-0.05, 0) is 80.0 Å². The van der Waals surface area contributed by atoms with Gasteiger partial charge in [-0.15, -0.1) is 0 Å². The average molecular weight is 256 g/mol. The third-order valence-electron chi connectivity index (χ3n) is 7.01. The Bertz CT molecular complexity index is 429. The summed E-state index contributed by atoms with van der Waals surface area (Å²) in [5.41, 5.74) is 2.42. The summed E-state index contributed by atoms with van der Waals surface area (Å²) in [5, 5.41) is 0. The standard InChI is InChI=1S/C19H28/c1-13-5-7-15-14(12-13)6-8-17-16(15)9-11-19(2)10-3-4-18(17)19/h3,10,12-13,15-18H,4-9,11H2,1-2H3/t13-,15-,16?,17?,18?,19?/m0/s1. The highest BCUT2D eigenvalue weighted by molar-refractivity contribution is 5.21. The minimum atomic E-state index is 0.560. The van der Waals surface area contributed by atoms with Crippen LogP contribution in [0.5, 0.6) is 0 Å². The summed E-state index contributed by atoms with van der Waals surface area (Å²) in [5.74, 6) is 4.87. The van der Waals surface area contributed by atoms with Gasteiger partial charge < -0.3 is 0 Å². The largest absolute Gasteiger partial charge is 0.0877 e. The van der Waals surface area contributed by atoms with Crippen LogP contribution in [-0.2, 0) is 0 Å². The second-order valence-corrected chi connectivity index (χ2v) is 8.06. The molecule has 19 heavy (non-hydrogen) atoms. The second kappa shape index (κ2) is 4.24. The van der Waals surface area contributed by atoms with Crippen LogP contribution in [0.2, 0.25) is 0 Å². The van der Waals surface area contributed by atoms with Gasteiger partial charge in [0.05, 0.1) is 0 Å². The molecule has 0 radical (unpaired) electrons. The van der Waals surface area contributed by atoms with Gasteiger partial charge in [-0.2, -0.15) is 0 Å². The lowest BCUT2D eigenvalue weighted by Crippen LogP contribution is -2.44. The first-order valence-corrected chi connectivity index (χ1v) is 8.56. The summed E-state index contributed by atoms with van der Waals surface area (Å²) < 4.78 is 0. The van der Waals surface area contributed by atoms with Crippen molar-refractivity contribution in [2.75, 3.05) is 0 Å². The van der Waals surface area contributed by atoms with E-state index in [4.69, 9.17) is 0 Å². The Balaban J connectivity index is 1.62. The minimum absolute atomic E-state index is 0.560. The van der Waals surface area contributed by atoms with Crippen molar-refractivity contribution in [3.63, 3.8) is 0 Å². The Morgan fingerprint density at radius 3 is 2.89 bits per heavy atom. The highest BCUT2D eigenvalue weighted by Crippen LogP contribution is 2.59. The molecular formula is C19H28. The highest BCUT2D eigenvalue weighted by atomic mass is 14.5. The Morgan fingerprint density at radius 2 is 2.00 bits per heavy atom. The van der Waals surface area contributed by atoms with Gasteiger partial charge in [0.2, 0.25) is 0 Å². The Morgan fingerprint density at radius 1 is 1.11 bits per heavy atom. The van der Waals surface area contributed by atoms with Crippen LogP contribution in [0.25, 0.3) is 0 Å². The van der Waals surface area contributed by atoms with Crippen molar-refractivity contribution in [1.29, 1.82) is 0 Å². The molecule has 0 bridgehead atoms. The molecule has 4 rings (SSSR count). The predicted molar refractivity (Wildman–Crippen MR) is 80.8 cm³/mol. The smallest absolute Gasteiger partial charge is 0.0112 e. The minimum Gasteiger partial charge on any atom is -0.0877 e. The lowest BCUT2D eigenvalue weighted by Gasteiger charge is -2.53. The number of hydrogen-bond acceptors (Lipinski definition) is 0. The van der Waals surface area contributed by atoms with Crippen LogP contribution in [-0.4, -0.2) is 0 Å². The summed E-state index contributed by atoms with van der Waals surface area (Å²) in [6.07, 6.45) is 17.9. The molecule has 4 aliphatic rings. The molecule has 0 heteroatoms. The summed E-state index contributed by atoms with van der Waals surface area (Å²) >= 11 is 0. The molecule has 0 nitrogen and oxygen atoms in total. The number of rotatable bonds is 0. The van der Waals surface area contributed by atoms with Gasteiger partial charge in [-0.25, -0.2) is 0 Å². The maximum atomic E-state index is 2.64. The first kappa shape index (κ1) is 12.2. The van der Waals surface area contributed by atoms with E-state index < -0.39 is 0 Å². The maximum absolute atomic E-state index is 2.64. The van der Waals surface area contributed by atoms with Gasteiger partial charge in [0.15, 0.2) is 0 Å². The van der Waals surface area contributed by atoms with Crippen molar-refractivity contribution in [1.82, 2.24) is 0 Å². The zero-order chi connectivity index (χ0) is 13.0. The van der Waals surface area contributed by atoms with Crippen molar-refractivity contribution in [3.8, 4) is 0 Å². The van der Waals surface area contributed by atoms with Gasteiger partial charge >= 0.3 is 0 Å². The molecule has 6 atom stereocenters. The van der Waals surface area contributed by atoms with Gasteiger partial charge in [-0.1, -0.05) is 37.6 Å². The first-order chi connectivity index (χ1) is 9.17. The molecule has 104 valence electrons. The van der Waals surface area contributed by atoms with E-state index in [1.165, 1.54) is 44.9 Å². The zero-order valence-electron chi connectivity index (χ0n) is 12.6. The summed E-state index contributed by atoms with van der Waals surface area (Å²) in [7, 11) is 0. The third kappa shape index (κ3) is 1.78. The van der Waals surface area contributed by atoms with Crippen molar-refractivity contribution < 1.29 is 0 Å². The van der Waals surface area contributed by atoms with E-state index in [9.17, 15) is 0 Å². The van der Waals surface area contributed by atoms with Crippen molar-refractivity contribution >= 4 is 0 Å². The summed E-state index contributed by atoms with van der Waals surface area (Å²) in [6, 6.07) is 0. The van der Waals surface area contributed by atoms with Crippen LogP contribution in [0.3, 0.4) is 0 Å². The van der Waals surface area contributed by atoms with E-state index in [0.717, 1.165) is 29.6 Å².